The summed E-state index contributed by atoms with van der Waals surface area (Å²) < 4.78 is 0. The SMILES string of the molecule is CN(C)C(=O)NCCNC(=O)NCC[C@H](O)C(=O)O. The minimum absolute atomic E-state index is 0.0450. The minimum Gasteiger partial charge on any atom is -0.479 e. The van der Waals surface area contributed by atoms with Gasteiger partial charge in [-0.25, -0.2) is 14.4 Å². The molecule has 0 fully saturated rings. The van der Waals surface area contributed by atoms with Gasteiger partial charge in [-0.1, -0.05) is 0 Å². The number of rotatable bonds is 7. The van der Waals surface area contributed by atoms with Crippen LogP contribution in [0.4, 0.5) is 9.59 Å². The van der Waals surface area contributed by atoms with Crippen LogP contribution in [0.5, 0.6) is 0 Å². The Morgan fingerprint density at radius 3 is 2.11 bits per heavy atom. The maximum Gasteiger partial charge on any atom is 0.332 e. The molecule has 0 aliphatic heterocycles. The highest BCUT2D eigenvalue weighted by Crippen LogP contribution is 1.88. The van der Waals surface area contributed by atoms with Crippen molar-refractivity contribution in [1.29, 1.82) is 0 Å². The number of aliphatic carboxylic acids is 1. The number of aliphatic hydroxyl groups excluding tert-OH is 1. The Bertz CT molecular complexity index is 321. The molecule has 0 radical (unpaired) electrons. The van der Waals surface area contributed by atoms with Gasteiger partial charge in [-0.05, 0) is 0 Å². The summed E-state index contributed by atoms with van der Waals surface area (Å²) >= 11 is 0. The lowest BCUT2D eigenvalue weighted by Gasteiger charge is -2.12. The van der Waals surface area contributed by atoms with Crippen LogP contribution in [0.15, 0.2) is 0 Å². The Balaban J connectivity index is 3.55. The van der Waals surface area contributed by atoms with Crippen molar-refractivity contribution < 1.29 is 24.6 Å². The van der Waals surface area contributed by atoms with Crippen molar-refractivity contribution in [3.8, 4) is 0 Å². The Morgan fingerprint density at radius 2 is 1.58 bits per heavy atom. The molecule has 0 aromatic heterocycles. The van der Waals surface area contributed by atoms with Gasteiger partial charge in [0, 0.05) is 40.2 Å². The van der Waals surface area contributed by atoms with Crippen molar-refractivity contribution in [3.63, 3.8) is 0 Å². The van der Waals surface area contributed by atoms with E-state index < -0.39 is 18.1 Å². The number of hydrogen-bond donors (Lipinski definition) is 5. The fourth-order valence-electron chi connectivity index (χ4n) is 1.01. The summed E-state index contributed by atoms with van der Waals surface area (Å²) in [4.78, 5) is 34.0. The highest BCUT2D eigenvalue weighted by Gasteiger charge is 2.12. The molecule has 110 valence electrons. The topological polar surface area (TPSA) is 131 Å². The van der Waals surface area contributed by atoms with Gasteiger partial charge in [0.25, 0.3) is 0 Å². The van der Waals surface area contributed by atoms with E-state index in [1.165, 1.54) is 4.90 Å². The molecule has 1 atom stereocenters. The van der Waals surface area contributed by atoms with Gasteiger partial charge in [0.1, 0.15) is 0 Å². The lowest BCUT2D eigenvalue weighted by molar-refractivity contribution is -0.146. The number of carboxylic acids is 1. The van der Waals surface area contributed by atoms with Crippen molar-refractivity contribution in [2.75, 3.05) is 33.7 Å². The van der Waals surface area contributed by atoms with Crippen LogP contribution in [0, 0.1) is 0 Å². The molecule has 9 heteroatoms. The van der Waals surface area contributed by atoms with Crippen molar-refractivity contribution in [2.45, 2.75) is 12.5 Å². The molecule has 5 N–H and O–H groups in total. The summed E-state index contributed by atoms with van der Waals surface area (Å²) in [6.45, 7) is 0.568. The second-order valence-electron chi connectivity index (χ2n) is 3.95. The largest absolute Gasteiger partial charge is 0.479 e. The van der Waals surface area contributed by atoms with Gasteiger partial charge in [-0.2, -0.15) is 0 Å². The summed E-state index contributed by atoms with van der Waals surface area (Å²) in [5, 5.41) is 24.7. The third kappa shape index (κ3) is 8.66. The maximum atomic E-state index is 11.2. The molecule has 0 aliphatic rings. The zero-order chi connectivity index (χ0) is 14.8. The zero-order valence-electron chi connectivity index (χ0n) is 11.0. The van der Waals surface area contributed by atoms with Crippen molar-refractivity contribution in [1.82, 2.24) is 20.9 Å². The Labute approximate surface area is 111 Å². The lowest BCUT2D eigenvalue weighted by atomic mass is 10.2. The fraction of sp³-hybridized carbons (Fsp3) is 0.700. The molecule has 0 unspecified atom stereocenters. The molecular formula is C10H20N4O5. The first-order valence-corrected chi connectivity index (χ1v) is 5.72. The van der Waals surface area contributed by atoms with E-state index in [9.17, 15) is 14.4 Å². The second-order valence-corrected chi connectivity index (χ2v) is 3.95. The van der Waals surface area contributed by atoms with E-state index >= 15 is 0 Å². The van der Waals surface area contributed by atoms with Crippen LogP contribution in [0.25, 0.3) is 0 Å². The Kier molecular flexibility index (Phi) is 8.02. The number of hydrogen-bond acceptors (Lipinski definition) is 4. The third-order valence-corrected chi connectivity index (χ3v) is 2.08. The molecule has 0 saturated carbocycles. The molecule has 0 aliphatic carbocycles. The molecule has 0 heterocycles. The van der Waals surface area contributed by atoms with Gasteiger partial charge in [-0.15, -0.1) is 0 Å². The Hall–Kier alpha value is -2.03. The molecule has 19 heavy (non-hydrogen) atoms. The second kappa shape index (κ2) is 8.97. The fourth-order valence-corrected chi connectivity index (χ4v) is 1.01. The number of carbonyl (C=O) groups is 3. The first kappa shape index (κ1) is 17.0. The summed E-state index contributed by atoms with van der Waals surface area (Å²) in [6, 6.07) is -0.747. The van der Waals surface area contributed by atoms with Crippen LogP contribution >= 0.6 is 0 Å². The van der Waals surface area contributed by atoms with Gasteiger partial charge < -0.3 is 31.1 Å². The third-order valence-electron chi connectivity index (χ3n) is 2.08. The van der Waals surface area contributed by atoms with Crippen molar-refractivity contribution in [2.24, 2.45) is 0 Å². The predicted molar refractivity (Wildman–Crippen MR) is 66.7 cm³/mol. The van der Waals surface area contributed by atoms with Gasteiger partial charge in [-0.3, -0.25) is 0 Å². The number of nitrogens with zero attached hydrogens (tertiary/aromatic N) is 1. The Morgan fingerprint density at radius 1 is 1.05 bits per heavy atom. The van der Waals surface area contributed by atoms with E-state index in [2.05, 4.69) is 16.0 Å². The van der Waals surface area contributed by atoms with E-state index in [4.69, 9.17) is 10.2 Å². The van der Waals surface area contributed by atoms with E-state index in [-0.39, 0.29) is 32.1 Å². The van der Waals surface area contributed by atoms with Crippen LogP contribution in [0.1, 0.15) is 6.42 Å². The smallest absolute Gasteiger partial charge is 0.332 e. The van der Waals surface area contributed by atoms with E-state index in [0.717, 1.165) is 0 Å². The average Bonchev–Trinajstić information content (AvgIpc) is 2.33. The number of amides is 4. The standard InChI is InChI=1S/C10H20N4O5/c1-14(2)10(19)13-6-5-12-9(18)11-4-3-7(15)8(16)17/h7,15H,3-6H2,1-2H3,(H,13,19)(H,16,17)(H2,11,12,18)/t7-/m0/s1. The van der Waals surface area contributed by atoms with Crippen LogP contribution in [0.3, 0.4) is 0 Å². The van der Waals surface area contributed by atoms with Crippen LogP contribution in [0.2, 0.25) is 0 Å². The maximum absolute atomic E-state index is 11.2. The van der Waals surface area contributed by atoms with Gasteiger partial charge in [0.15, 0.2) is 6.10 Å². The molecule has 0 spiro atoms. The van der Waals surface area contributed by atoms with Crippen LogP contribution < -0.4 is 16.0 Å². The number of urea groups is 2. The molecule has 0 bridgehead atoms. The van der Waals surface area contributed by atoms with Crippen LogP contribution in [-0.4, -0.2) is 73.0 Å². The van der Waals surface area contributed by atoms with Crippen molar-refractivity contribution >= 4 is 18.0 Å². The average molecular weight is 276 g/mol. The number of carboxylic acid groups (broad SMARTS) is 1. The summed E-state index contributed by atoms with van der Waals surface area (Å²) in [7, 11) is 3.20. The summed E-state index contributed by atoms with van der Waals surface area (Å²) in [5.74, 6) is -1.33. The molecule has 0 aromatic rings. The summed E-state index contributed by atoms with van der Waals surface area (Å²) in [5.41, 5.74) is 0. The first-order valence-electron chi connectivity index (χ1n) is 5.72. The highest BCUT2D eigenvalue weighted by atomic mass is 16.4. The molecule has 4 amide bonds. The van der Waals surface area contributed by atoms with E-state index in [1.807, 2.05) is 0 Å². The molecule has 9 nitrogen and oxygen atoms in total. The van der Waals surface area contributed by atoms with E-state index in [0.29, 0.717) is 0 Å². The van der Waals surface area contributed by atoms with E-state index in [1.54, 1.807) is 14.1 Å². The van der Waals surface area contributed by atoms with Gasteiger partial charge in [0.05, 0.1) is 0 Å². The van der Waals surface area contributed by atoms with Gasteiger partial charge >= 0.3 is 18.0 Å². The normalized spacial score (nSPS) is 11.3. The zero-order valence-corrected chi connectivity index (χ0v) is 11.0. The number of aliphatic hydroxyl groups is 1. The molecule has 0 rings (SSSR count). The predicted octanol–water partition coefficient (Wildman–Crippen LogP) is -1.61. The molecule has 0 aromatic carbocycles. The first-order chi connectivity index (χ1) is 8.84. The highest BCUT2D eigenvalue weighted by molar-refractivity contribution is 5.75. The van der Waals surface area contributed by atoms with Gasteiger partial charge in [0.2, 0.25) is 0 Å². The lowest BCUT2D eigenvalue weighted by Crippen LogP contribution is -2.43. The quantitative estimate of drug-likeness (QED) is 0.357. The van der Waals surface area contributed by atoms with Crippen molar-refractivity contribution in [3.05, 3.63) is 0 Å². The number of nitrogens with one attached hydrogen (secondary N) is 3. The molecule has 0 saturated heterocycles. The molecular weight excluding hydrogens is 256 g/mol. The van der Waals surface area contributed by atoms with Crippen LogP contribution in [-0.2, 0) is 4.79 Å². The minimum atomic E-state index is -1.49. The summed E-state index contributed by atoms with van der Waals surface area (Å²) in [6.07, 6.45) is -1.56. The number of carbonyl (C=O) groups excluding carboxylic acids is 2. The monoisotopic (exact) mass is 276 g/mol.